The summed E-state index contributed by atoms with van der Waals surface area (Å²) in [5.74, 6) is -2.60. The number of hydroxylamine groups is 1. The fraction of sp³-hybridized carbons (Fsp3) is 0.318. The van der Waals surface area contributed by atoms with Crippen molar-refractivity contribution in [1.29, 1.82) is 0 Å². The number of amides is 2. The molecule has 1 aliphatic rings. The van der Waals surface area contributed by atoms with Crippen molar-refractivity contribution in [2.75, 3.05) is 6.61 Å². The Labute approximate surface area is 182 Å². The van der Waals surface area contributed by atoms with Crippen LogP contribution in [0.3, 0.4) is 0 Å². The number of ether oxygens (including phenoxy) is 1. The maximum Gasteiger partial charge on any atom is 0.407 e. The zero-order chi connectivity index (χ0) is 23.3. The number of carbonyl (C=O) groups excluding carboxylic acids is 2. The summed E-state index contributed by atoms with van der Waals surface area (Å²) in [5, 5.41) is 10.7. The van der Waals surface area contributed by atoms with Crippen LogP contribution in [0.4, 0.5) is 13.6 Å². The molecule has 0 saturated heterocycles. The number of carboxylic acid groups (broad SMARTS) is 1. The third-order valence-corrected chi connectivity index (χ3v) is 5.05. The predicted octanol–water partition coefficient (Wildman–Crippen LogP) is 3.07. The number of halogens is 2. The zero-order valence-corrected chi connectivity index (χ0v) is 17.1. The molecule has 0 bridgehead atoms. The quantitative estimate of drug-likeness (QED) is 0.508. The first kappa shape index (κ1) is 23.1. The second-order valence-corrected chi connectivity index (χ2v) is 7.24. The first-order chi connectivity index (χ1) is 15.3. The van der Waals surface area contributed by atoms with E-state index in [9.17, 15) is 23.2 Å². The fourth-order valence-corrected chi connectivity index (χ4v) is 3.44. The number of fused-ring (bicyclic) bond motifs is 3. The first-order valence-corrected chi connectivity index (χ1v) is 9.85. The molecule has 1 aliphatic carbocycles. The Bertz CT molecular complexity index is 954. The van der Waals surface area contributed by atoms with Crippen molar-refractivity contribution >= 4 is 18.0 Å². The van der Waals surface area contributed by atoms with Crippen molar-refractivity contribution in [3.8, 4) is 11.1 Å². The summed E-state index contributed by atoms with van der Waals surface area (Å²) in [6, 6.07) is 13.5. The van der Waals surface area contributed by atoms with E-state index in [2.05, 4.69) is 4.84 Å². The lowest BCUT2D eigenvalue weighted by Crippen LogP contribution is -2.44. The van der Waals surface area contributed by atoms with Crippen molar-refractivity contribution in [1.82, 2.24) is 10.8 Å². The topological polar surface area (TPSA) is 114 Å². The molecule has 2 amide bonds. The van der Waals surface area contributed by atoms with Crippen LogP contribution < -0.4 is 10.8 Å². The molecule has 2 atom stereocenters. The van der Waals surface area contributed by atoms with Crippen molar-refractivity contribution in [2.45, 2.75) is 37.8 Å². The molecule has 0 aliphatic heterocycles. The van der Waals surface area contributed by atoms with Crippen molar-refractivity contribution < 1.29 is 37.8 Å². The Balaban J connectivity index is 1.57. The van der Waals surface area contributed by atoms with E-state index >= 15 is 0 Å². The average Bonchev–Trinajstić information content (AvgIpc) is 3.09. The van der Waals surface area contributed by atoms with Gasteiger partial charge in [-0.25, -0.2) is 23.9 Å². The van der Waals surface area contributed by atoms with E-state index in [1.165, 1.54) is 0 Å². The molecule has 170 valence electrons. The molecular formula is C22H22F2N2O6. The lowest BCUT2D eigenvalue weighted by Gasteiger charge is -2.19. The number of alkyl carbamates (subject to hydrolysis) is 1. The fourth-order valence-electron chi connectivity index (χ4n) is 3.44. The molecule has 10 heteroatoms. The molecule has 0 saturated carbocycles. The number of nitrogens with one attached hydrogen (secondary N) is 2. The van der Waals surface area contributed by atoms with Gasteiger partial charge in [-0.3, -0.25) is 9.63 Å². The van der Waals surface area contributed by atoms with Crippen LogP contribution in [0.15, 0.2) is 48.5 Å². The van der Waals surface area contributed by atoms with Gasteiger partial charge in [0.2, 0.25) is 5.91 Å². The van der Waals surface area contributed by atoms with Gasteiger partial charge in [0.1, 0.15) is 12.6 Å². The highest BCUT2D eigenvalue weighted by atomic mass is 19.3. The van der Waals surface area contributed by atoms with Crippen molar-refractivity contribution in [3.63, 3.8) is 0 Å². The van der Waals surface area contributed by atoms with Crippen LogP contribution in [-0.4, -0.2) is 48.3 Å². The summed E-state index contributed by atoms with van der Waals surface area (Å²) in [7, 11) is 0. The molecular weight excluding hydrogens is 426 g/mol. The second-order valence-electron chi connectivity index (χ2n) is 7.24. The highest BCUT2D eigenvalue weighted by Crippen LogP contribution is 2.44. The number of alkyl halides is 2. The van der Waals surface area contributed by atoms with E-state index in [1.54, 1.807) is 5.48 Å². The normalized spacial score (nSPS) is 14.2. The lowest BCUT2D eigenvalue weighted by atomic mass is 9.98. The molecule has 8 nitrogen and oxygen atoms in total. The minimum atomic E-state index is -3.06. The van der Waals surface area contributed by atoms with Gasteiger partial charge in [-0.1, -0.05) is 48.5 Å². The highest BCUT2D eigenvalue weighted by Gasteiger charge is 2.30. The van der Waals surface area contributed by atoms with E-state index in [0.717, 1.165) is 29.2 Å². The van der Waals surface area contributed by atoms with Gasteiger partial charge >= 0.3 is 12.1 Å². The molecule has 32 heavy (non-hydrogen) atoms. The largest absolute Gasteiger partial charge is 0.479 e. The summed E-state index contributed by atoms with van der Waals surface area (Å²) >= 11 is 0. The van der Waals surface area contributed by atoms with Crippen LogP contribution in [-0.2, 0) is 19.2 Å². The lowest BCUT2D eigenvalue weighted by molar-refractivity contribution is -0.159. The number of aliphatic carboxylic acids is 1. The van der Waals surface area contributed by atoms with Gasteiger partial charge in [-0.05, 0) is 29.2 Å². The number of rotatable bonds is 9. The number of benzene rings is 2. The van der Waals surface area contributed by atoms with Crippen LogP contribution >= 0.6 is 0 Å². The van der Waals surface area contributed by atoms with Gasteiger partial charge < -0.3 is 15.2 Å². The van der Waals surface area contributed by atoms with E-state index in [0.29, 0.717) is 0 Å². The summed E-state index contributed by atoms with van der Waals surface area (Å²) in [6.07, 6.45) is -6.34. The molecule has 2 aromatic carbocycles. The van der Waals surface area contributed by atoms with Gasteiger partial charge in [0.25, 0.3) is 6.43 Å². The van der Waals surface area contributed by atoms with E-state index in [1.807, 2.05) is 53.8 Å². The molecule has 0 radical (unpaired) electrons. The maximum absolute atomic E-state index is 13.3. The Hall–Kier alpha value is -3.53. The van der Waals surface area contributed by atoms with Gasteiger partial charge in [0, 0.05) is 5.92 Å². The number of carboxylic acids is 1. The van der Waals surface area contributed by atoms with Gasteiger partial charge in [-0.2, -0.15) is 0 Å². The molecule has 3 N–H and O–H groups in total. The second kappa shape index (κ2) is 10.2. The Morgan fingerprint density at radius 3 is 2.12 bits per heavy atom. The molecule has 0 spiro atoms. The predicted molar refractivity (Wildman–Crippen MR) is 109 cm³/mol. The monoisotopic (exact) mass is 448 g/mol. The smallest absolute Gasteiger partial charge is 0.407 e. The van der Waals surface area contributed by atoms with E-state index in [4.69, 9.17) is 9.84 Å². The van der Waals surface area contributed by atoms with Crippen molar-refractivity contribution in [3.05, 3.63) is 59.7 Å². The van der Waals surface area contributed by atoms with Gasteiger partial charge in [-0.15, -0.1) is 0 Å². The zero-order valence-electron chi connectivity index (χ0n) is 17.1. The van der Waals surface area contributed by atoms with Crippen LogP contribution in [0.2, 0.25) is 0 Å². The molecule has 0 aromatic heterocycles. The Kier molecular flexibility index (Phi) is 7.37. The van der Waals surface area contributed by atoms with Gasteiger partial charge in [0.15, 0.2) is 6.10 Å². The molecule has 2 unspecified atom stereocenters. The third kappa shape index (κ3) is 5.38. The summed E-state index contributed by atoms with van der Waals surface area (Å²) < 4.78 is 31.8. The first-order valence-electron chi connectivity index (χ1n) is 9.85. The number of carbonyl (C=O) groups is 3. The highest BCUT2D eigenvalue weighted by molar-refractivity contribution is 5.79. The third-order valence-electron chi connectivity index (χ3n) is 5.05. The summed E-state index contributed by atoms with van der Waals surface area (Å²) in [6.45, 7) is 1.09. The number of hydrogen-bond donors (Lipinski definition) is 3. The minimum Gasteiger partial charge on any atom is -0.479 e. The number of hydrogen-bond acceptors (Lipinski definition) is 5. The molecule has 2 aromatic rings. The molecule has 3 rings (SSSR count). The minimum absolute atomic E-state index is 0.0682. The summed E-state index contributed by atoms with van der Waals surface area (Å²) in [5.41, 5.74) is 5.76. The van der Waals surface area contributed by atoms with Gasteiger partial charge in [0.05, 0.1) is 6.42 Å². The standard InChI is InChI=1S/C22H22F2N2O6/c1-12(21(28)29)32-26-19(27)10-18(20(23)24)25-22(30)31-11-17-15-8-4-2-6-13(15)14-7-3-5-9-16(14)17/h2-9,12,17-18,20H,10-11H2,1H3,(H,25,30)(H,26,27)(H,28,29). The van der Waals surface area contributed by atoms with Crippen LogP contribution in [0.25, 0.3) is 11.1 Å². The van der Waals surface area contributed by atoms with Crippen LogP contribution in [0, 0.1) is 0 Å². The summed E-state index contributed by atoms with van der Waals surface area (Å²) in [4.78, 5) is 39.1. The van der Waals surface area contributed by atoms with Crippen molar-refractivity contribution in [2.24, 2.45) is 0 Å². The molecule has 0 fully saturated rings. The van der Waals surface area contributed by atoms with Crippen LogP contribution in [0.5, 0.6) is 0 Å². The average molecular weight is 448 g/mol. The van der Waals surface area contributed by atoms with Crippen LogP contribution in [0.1, 0.15) is 30.4 Å². The molecule has 0 heterocycles. The Morgan fingerprint density at radius 2 is 1.59 bits per heavy atom. The SMILES string of the molecule is CC(ONC(=O)CC(NC(=O)OCC1c2ccccc2-c2ccccc21)C(F)F)C(=O)O. The van der Waals surface area contributed by atoms with E-state index < -0.39 is 43.0 Å². The maximum atomic E-state index is 13.3. The Morgan fingerprint density at radius 1 is 1.03 bits per heavy atom. The van der Waals surface area contributed by atoms with E-state index in [-0.39, 0.29) is 12.5 Å².